The molecule has 108 valence electrons. The summed E-state index contributed by atoms with van der Waals surface area (Å²) in [7, 11) is 2.14. The van der Waals surface area contributed by atoms with Gasteiger partial charge in [-0.1, -0.05) is 0 Å². The molecule has 3 fully saturated rings. The van der Waals surface area contributed by atoms with Crippen LogP contribution in [0.2, 0.25) is 0 Å². The lowest BCUT2D eigenvalue weighted by molar-refractivity contribution is 0.0538. The molecule has 5 nitrogen and oxygen atoms in total. The van der Waals surface area contributed by atoms with Crippen LogP contribution in [0.15, 0.2) is 10.8 Å². The first-order valence-electron chi connectivity index (χ1n) is 7.67. The fraction of sp³-hybridized carbons (Fsp3) is 0.733. The van der Waals surface area contributed by atoms with Crippen molar-refractivity contribution < 1.29 is 9.21 Å². The molecule has 2 saturated heterocycles. The summed E-state index contributed by atoms with van der Waals surface area (Å²) < 4.78 is 5.44. The van der Waals surface area contributed by atoms with Crippen LogP contribution in [0.5, 0.6) is 0 Å². The van der Waals surface area contributed by atoms with E-state index in [1.54, 1.807) is 0 Å². The molecule has 3 heterocycles. The van der Waals surface area contributed by atoms with Crippen LogP contribution in [0.1, 0.15) is 47.8 Å². The van der Waals surface area contributed by atoms with Crippen LogP contribution >= 0.6 is 0 Å². The van der Waals surface area contributed by atoms with E-state index in [9.17, 15) is 4.79 Å². The van der Waals surface area contributed by atoms with Crippen LogP contribution < -0.4 is 0 Å². The second kappa shape index (κ2) is 4.58. The van der Waals surface area contributed by atoms with E-state index in [2.05, 4.69) is 16.9 Å². The molecule has 0 bridgehead atoms. The van der Waals surface area contributed by atoms with E-state index in [0.29, 0.717) is 23.6 Å². The molecule has 2 atom stereocenters. The van der Waals surface area contributed by atoms with E-state index in [1.807, 2.05) is 4.90 Å². The van der Waals surface area contributed by atoms with Crippen molar-refractivity contribution in [3.05, 3.63) is 17.8 Å². The number of likely N-dealkylation sites (tertiary alicyclic amines) is 2. The highest BCUT2D eigenvalue weighted by Gasteiger charge is 2.42. The molecule has 1 aromatic heterocycles. The van der Waals surface area contributed by atoms with Gasteiger partial charge >= 0.3 is 0 Å². The third-order valence-electron chi connectivity index (χ3n) is 4.98. The van der Waals surface area contributed by atoms with E-state index < -0.39 is 0 Å². The molecule has 0 unspecified atom stereocenters. The van der Waals surface area contributed by atoms with Gasteiger partial charge in [0.2, 0.25) is 5.76 Å². The number of fused-ring (bicyclic) bond motifs is 1. The molecule has 1 saturated carbocycles. The van der Waals surface area contributed by atoms with Gasteiger partial charge in [0, 0.05) is 31.6 Å². The summed E-state index contributed by atoms with van der Waals surface area (Å²) in [6, 6.07) is 0.360. The minimum atomic E-state index is 0.0643. The Bertz CT molecular complexity index is 523. The van der Waals surface area contributed by atoms with Gasteiger partial charge in [-0.15, -0.1) is 0 Å². The van der Waals surface area contributed by atoms with Crippen molar-refractivity contribution in [1.82, 2.24) is 14.8 Å². The van der Waals surface area contributed by atoms with E-state index in [4.69, 9.17) is 4.42 Å². The zero-order valence-electron chi connectivity index (χ0n) is 11.9. The monoisotopic (exact) mass is 275 g/mol. The minimum Gasteiger partial charge on any atom is -0.438 e. The SMILES string of the molecule is CN1C[C@@H]2CCCN(C(=O)c3ocnc3C3CC3)[C@@H]2C1. The normalized spacial score (nSPS) is 30.6. The lowest BCUT2D eigenvalue weighted by Gasteiger charge is -2.36. The molecule has 3 aliphatic rings. The predicted octanol–water partition coefficient (Wildman–Crippen LogP) is 1.72. The number of nitrogens with zero attached hydrogens (tertiary/aromatic N) is 3. The lowest BCUT2D eigenvalue weighted by atomic mass is 9.92. The second-order valence-corrected chi connectivity index (χ2v) is 6.53. The average molecular weight is 275 g/mol. The maximum atomic E-state index is 12.8. The number of hydrogen-bond donors (Lipinski definition) is 0. The highest BCUT2D eigenvalue weighted by atomic mass is 16.3. The zero-order chi connectivity index (χ0) is 13.7. The molecule has 0 spiro atoms. The number of oxazole rings is 1. The first-order chi connectivity index (χ1) is 9.74. The van der Waals surface area contributed by atoms with Crippen molar-refractivity contribution in [1.29, 1.82) is 0 Å². The Balaban J connectivity index is 1.59. The maximum absolute atomic E-state index is 12.8. The Labute approximate surface area is 118 Å². The summed E-state index contributed by atoms with van der Waals surface area (Å²) >= 11 is 0. The van der Waals surface area contributed by atoms with Gasteiger partial charge < -0.3 is 14.2 Å². The van der Waals surface area contributed by atoms with Crippen LogP contribution in [0.4, 0.5) is 0 Å². The molecular formula is C15H21N3O2. The molecule has 5 heteroatoms. The molecule has 0 N–H and O–H groups in total. The van der Waals surface area contributed by atoms with Crippen LogP contribution in [-0.2, 0) is 0 Å². The van der Waals surface area contributed by atoms with Crippen LogP contribution in [0, 0.1) is 5.92 Å². The summed E-state index contributed by atoms with van der Waals surface area (Å²) in [6.07, 6.45) is 6.06. The quantitative estimate of drug-likeness (QED) is 0.824. The minimum absolute atomic E-state index is 0.0643. The van der Waals surface area contributed by atoms with Gasteiger partial charge in [-0.2, -0.15) is 0 Å². The van der Waals surface area contributed by atoms with E-state index in [1.165, 1.54) is 12.8 Å². The number of piperidine rings is 1. The van der Waals surface area contributed by atoms with Crippen molar-refractivity contribution in [3.8, 4) is 0 Å². The van der Waals surface area contributed by atoms with Crippen LogP contribution in [0.3, 0.4) is 0 Å². The summed E-state index contributed by atoms with van der Waals surface area (Å²) in [5.41, 5.74) is 0.892. The van der Waals surface area contributed by atoms with E-state index >= 15 is 0 Å². The van der Waals surface area contributed by atoms with Gasteiger partial charge in [0.05, 0.1) is 5.69 Å². The van der Waals surface area contributed by atoms with E-state index in [0.717, 1.165) is 44.6 Å². The van der Waals surface area contributed by atoms with Gasteiger partial charge in [0.15, 0.2) is 6.39 Å². The Morgan fingerprint density at radius 1 is 1.35 bits per heavy atom. The smallest absolute Gasteiger partial charge is 0.291 e. The molecule has 1 amide bonds. The average Bonchev–Trinajstić information content (AvgIpc) is 3.03. The van der Waals surface area contributed by atoms with Gasteiger partial charge in [-0.3, -0.25) is 4.79 Å². The highest BCUT2D eigenvalue weighted by Crippen LogP contribution is 2.41. The largest absolute Gasteiger partial charge is 0.438 e. The lowest BCUT2D eigenvalue weighted by Crippen LogP contribution is -2.48. The molecule has 4 rings (SSSR count). The Hall–Kier alpha value is -1.36. The molecule has 1 aromatic rings. The molecule has 0 aromatic carbocycles. The van der Waals surface area contributed by atoms with Crippen molar-refractivity contribution in [2.24, 2.45) is 5.92 Å². The summed E-state index contributed by atoms with van der Waals surface area (Å²) in [4.78, 5) is 21.5. The number of carbonyl (C=O) groups is 1. The zero-order valence-corrected chi connectivity index (χ0v) is 11.9. The van der Waals surface area contributed by atoms with Gasteiger partial charge in [0.1, 0.15) is 0 Å². The highest BCUT2D eigenvalue weighted by molar-refractivity contribution is 5.93. The Kier molecular flexibility index (Phi) is 2.84. The second-order valence-electron chi connectivity index (χ2n) is 6.53. The molecule has 2 aliphatic heterocycles. The number of likely N-dealkylation sites (N-methyl/N-ethyl adjacent to an activating group) is 1. The fourth-order valence-electron chi connectivity index (χ4n) is 3.84. The van der Waals surface area contributed by atoms with Crippen LogP contribution in [0.25, 0.3) is 0 Å². The predicted molar refractivity (Wildman–Crippen MR) is 73.5 cm³/mol. The number of hydrogen-bond acceptors (Lipinski definition) is 4. The summed E-state index contributed by atoms with van der Waals surface area (Å²) in [5.74, 6) is 1.65. The van der Waals surface area contributed by atoms with Gasteiger partial charge in [-0.05, 0) is 38.6 Å². The third-order valence-corrected chi connectivity index (χ3v) is 4.98. The van der Waals surface area contributed by atoms with Gasteiger partial charge in [0.25, 0.3) is 5.91 Å². The molecule has 0 radical (unpaired) electrons. The third kappa shape index (κ3) is 1.95. The van der Waals surface area contributed by atoms with E-state index in [-0.39, 0.29) is 5.91 Å². The Morgan fingerprint density at radius 3 is 3.00 bits per heavy atom. The molecular weight excluding hydrogens is 254 g/mol. The summed E-state index contributed by atoms with van der Waals surface area (Å²) in [6.45, 7) is 2.96. The standard InChI is InChI=1S/C15H21N3O2/c1-17-7-11-3-2-6-18(12(11)8-17)15(19)14-13(10-4-5-10)16-9-20-14/h9-12H,2-8H2,1H3/t11-,12+/m0/s1. The van der Waals surface area contributed by atoms with Crippen molar-refractivity contribution in [2.75, 3.05) is 26.7 Å². The number of rotatable bonds is 2. The van der Waals surface area contributed by atoms with Crippen molar-refractivity contribution >= 4 is 5.91 Å². The van der Waals surface area contributed by atoms with Crippen molar-refractivity contribution in [2.45, 2.75) is 37.6 Å². The maximum Gasteiger partial charge on any atom is 0.291 e. The first-order valence-corrected chi connectivity index (χ1v) is 7.67. The molecule has 1 aliphatic carbocycles. The summed E-state index contributed by atoms with van der Waals surface area (Å²) in [5, 5.41) is 0. The number of amides is 1. The van der Waals surface area contributed by atoms with Crippen LogP contribution in [-0.4, -0.2) is 53.4 Å². The Morgan fingerprint density at radius 2 is 2.20 bits per heavy atom. The number of carbonyl (C=O) groups excluding carboxylic acids is 1. The number of aromatic nitrogens is 1. The van der Waals surface area contributed by atoms with Crippen molar-refractivity contribution in [3.63, 3.8) is 0 Å². The topological polar surface area (TPSA) is 49.6 Å². The fourth-order valence-corrected chi connectivity index (χ4v) is 3.84. The van der Waals surface area contributed by atoms with Gasteiger partial charge in [-0.25, -0.2) is 4.98 Å². The molecule has 20 heavy (non-hydrogen) atoms. The first kappa shape index (κ1) is 12.4.